The number of imidazole rings is 1. The molecule has 0 aliphatic carbocycles. The summed E-state index contributed by atoms with van der Waals surface area (Å²) in [6.07, 6.45) is 0. The number of rotatable bonds is 2. The van der Waals surface area contributed by atoms with Crippen molar-refractivity contribution in [2.24, 2.45) is 0 Å². The van der Waals surface area contributed by atoms with Gasteiger partial charge in [0.05, 0.1) is 22.7 Å². The van der Waals surface area contributed by atoms with Crippen LogP contribution in [0.25, 0.3) is 11.0 Å². The van der Waals surface area contributed by atoms with Gasteiger partial charge in [0.25, 0.3) is 0 Å². The largest absolute Gasteiger partial charge is 0.337 e. The van der Waals surface area contributed by atoms with E-state index in [4.69, 9.17) is 22.0 Å². The number of nitrogens with zero attached hydrogens (tertiary/aromatic N) is 4. The highest BCUT2D eigenvalue weighted by atomic mass is 32.1. The number of hydrogen-bond donors (Lipinski definition) is 1. The van der Waals surface area contributed by atoms with E-state index < -0.39 is 0 Å². The highest BCUT2D eigenvalue weighted by molar-refractivity contribution is 7.71. The second-order valence-electron chi connectivity index (χ2n) is 4.10. The Kier molecular flexibility index (Phi) is 2.65. The number of aromatic amines is 1. The van der Waals surface area contributed by atoms with Crippen molar-refractivity contribution < 1.29 is 4.52 Å². The molecule has 0 fully saturated rings. The van der Waals surface area contributed by atoms with Crippen LogP contribution >= 0.6 is 12.2 Å². The number of nitrogens with one attached hydrogen (secondary N) is 1. The lowest BCUT2D eigenvalue weighted by Crippen LogP contribution is -2.00. The SMILES string of the molecule is Cc1noc(Cn2c(=S)[nH]c3ccc(C#N)cc32)n1. The fraction of sp³-hybridized carbons (Fsp3) is 0.167. The Morgan fingerprint density at radius 2 is 2.37 bits per heavy atom. The molecule has 6 nitrogen and oxygen atoms in total. The van der Waals surface area contributed by atoms with Crippen molar-refractivity contribution in [2.45, 2.75) is 13.5 Å². The normalized spacial score (nSPS) is 10.7. The predicted octanol–water partition coefficient (Wildman–Crippen LogP) is 2.31. The highest BCUT2D eigenvalue weighted by Gasteiger charge is 2.09. The third-order valence-electron chi connectivity index (χ3n) is 2.77. The Bertz CT molecular complexity index is 851. The van der Waals surface area contributed by atoms with Gasteiger partial charge >= 0.3 is 0 Å². The van der Waals surface area contributed by atoms with Crippen molar-refractivity contribution in [3.63, 3.8) is 0 Å². The molecule has 7 heteroatoms. The van der Waals surface area contributed by atoms with Crippen LogP contribution in [0.5, 0.6) is 0 Å². The summed E-state index contributed by atoms with van der Waals surface area (Å²) in [6, 6.07) is 7.47. The fourth-order valence-corrected chi connectivity index (χ4v) is 2.19. The van der Waals surface area contributed by atoms with Crippen LogP contribution < -0.4 is 0 Å². The van der Waals surface area contributed by atoms with Crippen molar-refractivity contribution in [2.75, 3.05) is 0 Å². The summed E-state index contributed by atoms with van der Waals surface area (Å²) < 4.78 is 7.48. The zero-order valence-electron chi connectivity index (χ0n) is 10.0. The van der Waals surface area contributed by atoms with Crippen LogP contribution in [0.15, 0.2) is 22.7 Å². The zero-order chi connectivity index (χ0) is 13.4. The van der Waals surface area contributed by atoms with E-state index in [9.17, 15) is 0 Å². The molecule has 0 saturated heterocycles. The Morgan fingerprint density at radius 3 is 3.05 bits per heavy atom. The summed E-state index contributed by atoms with van der Waals surface area (Å²) in [5.41, 5.74) is 2.30. The molecule has 0 spiro atoms. The van der Waals surface area contributed by atoms with Crippen molar-refractivity contribution in [3.8, 4) is 6.07 Å². The van der Waals surface area contributed by atoms with E-state index in [1.165, 1.54) is 0 Å². The first-order chi connectivity index (χ1) is 9.17. The van der Waals surface area contributed by atoms with E-state index in [1.54, 1.807) is 19.1 Å². The summed E-state index contributed by atoms with van der Waals surface area (Å²) >= 11 is 5.27. The first kappa shape index (κ1) is 11.6. The molecule has 0 bridgehead atoms. The van der Waals surface area contributed by atoms with E-state index in [0.29, 0.717) is 28.6 Å². The average molecular weight is 271 g/mol. The van der Waals surface area contributed by atoms with Crippen LogP contribution in [0.2, 0.25) is 0 Å². The molecule has 0 aliphatic rings. The first-order valence-corrected chi connectivity index (χ1v) is 6.00. The number of hydrogen-bond acceptors (Lipinski definition) is 5. The second-order valence-corrected chi connectivity index (χ2v) is 4.48. The molecule has 0 aliphatic heterocycles. The van der Waals surface area contributed by atoms with Crippen molar-refractivity contribution in [1.29, 1.82) is 5.26 Å². The minimum Gasteiger partial charge on any atom is -0.337 e. The van der Waals surface area contributed by atoms with Gasteiger partial charge in [-0.15, -0.1) is 0 Å². The van der Waals surface area contributed by atoms with E-state index >= 15 is 0 Å². The van der Waals surface area contributed by atoms with Gasteiger partial charge in [0, 0.05) is 0 Å². The van der Waals surface area contributed by atoms with Crippen LogP contribution in [-0.2, 0) is 6.54 Å². The summed E-state index contributed by atoms with van der Waals surface area (Å²) in [7, 11) is 0. The molecule has 94 valence electrons. The minimum atomic E-state index is 0.383. The first-order valence-electron chi connectivity index (χ1n) is 5.59. The molecule has 2 aromatic heterocycles. The standard InChI is InChI=1S/C12H9N5OS/c1-7-14-11(18-16-7)6-17-10-4-8(5-13)2-3-9(10)15-12(17)19/h2-4H,6H2,1H3,(H,15,19). The van der Waals surface area contributed by atoms with E-state index in [-0.39, 0.29) is 0 Å². The molecule has 19 heavy (non-hydrogen) atoms. The maximum Gasteiger partial charge on any atom is 0.246 e. The van der Waals surface area contributed by atoms with Gasteiger partial charge in [-0.2, -0.15) is 10.2 Å². The minimum absolute atomic E-state index is 0.383. The van der Waals surface area contributed by atoms with Gasteiger partial charge in [0.2, 0.25) is 5.89 Å². The van der Waals surface area contributed by atoms with Gasteiger partial charge in [-0.3, -0.25) is 0 Å². The summed E-state index contributed by atoms with van der Waals surface area (Å²) in [6.45, 7) is 2.14. The van der Waals surface area contributed by atoms with E-state index in [0.717, 1.165) is 11.0 Å². The topological polar surface area (TPSA) is 83.4 Å². The Labute approximate surface area is 113 Å². The van der Waals surface area contributed by atoms with Crippen molar-refractivity contribution in [3.05, 3.63) is 40.2 Å². The number of aromatic nitrogens is 4. The molecular weight excluding hydrogens is 262 g/mol. The number of aryl methyl sites for hydroxylation is 1. The molecule has 2 heterocycles. The molecule has 1 N–H and O–H groups in total. The zero-order valence-corrected chi connectivity index (χ0v) is 10.9. The second kappa shape index (κ2) is 4.33. The summed E-state index contributed by atoms with van der Waals surface area (Å²) in [5.74, 6) is 1.07. The van der Waals surface area contributed by atoms with E-state index in [1.807, 2.05) is 10.6 Å². The summed E-state index contributed by atoms with van der Waals surface area (Å²) in [4.78, 5) is 7.24. The Hall–Kier alpha value is -2.46. The van der Waals surface area contributed by atoms with Gasteiger partial charge in [0.15, 0.2) is 10.6 Å². The predicted molar refractivity (Wildman–Crippen MR) is 70.0 cm³/mol. The molecule has 0 saturated carbocycles. The lowest BCUT2D eigenvalue weighted by Gasteiger charge is -2.00. The number of nitriles is 1. The lowest BCUT2D eigenvalue weighted by atomic mass is 10.2. The number of fused-ring (bicyclic) bond motifs is 1. The Morgan fingerprint density at radius 1 is 1.53 bits per heavy atom. The maximum absolute atomic E-state index is 8.95. The van der Waals surface area contributed by atoms with Crippen molar-refractivity contribution in [1.82, 2.24) is 19.7 Å². The molecule has 0 amide bonds. The smallest absolute Gasteiger partial charge is 0.246 e. The third kappa shape index (κ3) is 2.02. The maximum atomic E-state index is 8.95. The van der Waals surface area contributed by atoms with Gasteiger partial charge in [-0.05, 0) is 37.3 Å². The van der Waals surface area contributed by atoms with Gasteiger partial charge in [0.1, 0.15) is 6.54 Å². The highest BCUT2D eigenvalue weighted by Crippen LogP contribution is 2.17. The molecule has 1 aromatic carbocycles. The lowest BCUT2D eigenvalue weighted by molar-refractivity contribution is 0.368. The monoisotopic (exact) mass is 271 g/mol. The van der Waals surface area contributed by atoms with E-state index in [2.05, 4.69) is 21.2 Å². The van der Waals surface area contributed by atoms with Gasteiger partial charge in [-0.1, -0.05) is 5.16 Å². The van der Waals surface area contributed by atoms with Crippen molar-refractivity contribution >= 4 is 23.3 Å². The van der Waals surface area contributed by atoms with Crippen LogP contribution in [-0.4, -0.2) is 19.7 Å². The van der Waals surface area contributed by atoms with Crippen LogP contribution in [0, 0.1) is 23.0 Å². The molecule has 0 radical (unpaired) electrons. The number of benzene rings is 1. The number of H-pyrrole nitrogens is 1. The third-order valence-corrected chi connectivity index (χ3v) is 3.09. The van der Waals surface area contributed by atoms with Crippen LogP contribution in [0.4, 0.5) is 0 Å². The molecular formula is C12H9N5OS. The average Bonchev–Trinajstić information content (AvgIpc) is 2.94. The van der Waals surface area contributed by atoms with Crippen LogP contribution in [0.1, 0.15) is 17.3 Å². The fourth-order valence-electron chi connectivity index (χ4n) is 1.92. The van der Waals surface area contributed by atoms with Gasteiger partial charge in [-0.25, -0.2) is 0 Å². The quantitative estimate of drug-likeness (QED) is 0.723. The molecule has 0 atom stereocenters. The molecule has 3 rings (SSSR count). The molecule has 0 unspecified atom stereocenters. The van der Waals surface area contributed by atoms with Crippen LogP contribution in [0.3, 0.4) is 0 Å². The molecule has 3 aromatic rings. The van der Waals surface area contributed by atoms with Gasteiger partial charge < -0.3 is 14.1 Å². The summed E-state index contributed by atoms with van der Waals surface area (Å²) in [5, 5.41) is 12.7. The Balaban J connectivity index is 2.14.